The molecule has 154 valence electrons. The summed E-state index contributed by atoms with van der Waals surface area (Å²) in [5.41, 5.74) is 1.37. The van der Waals surface area contributed by atoms with Gasteiger partial charge in [0, 0.05) is 32.7 Å². The van der Waals surface area contributed by atoms with Gasteiger partial charge in [0.15, 0.2) is 11.5 Å². The highest BCUT2D eigenvalue weighted by atomic mass is 19.4. The van der Waals surface area contributed by atoms with Crippen LogP contribution in [0.15, 0.2) is 42.5 Å². The Labute approximate surface area is 165 Å². The number of carbonyl (C=O) groups excluding carboxylic acids is 1. The lowest BCUT2D eigenvalue weighted by Crippen LogP contribution is -2.48. The summed E-state index contributed by atoms with van der Waals surface area (Å²) >= 11 is 0. The van der Waals surface area contributed by atoms with Crippen LogP contribution < -0.4 is 14.2 Å². The van der Waals surface area contributed by atoms with Crippen LogP contribution >= 0.6 is 0 Å². The molecule has 0 aliphatic carbocycles. The summed E-state index contributed by atoms with van der Waals surface area (Å²) < 4.78 is 51.3. The van der Waals surface area contributed by atoms with Gasteiger partial charge in [0.2, 0.25) is 6.79 Å². The average molecular weight is 408 g/mol. The van der Waals surface area contributed by atoms with Crippen molar-refractivity contribution in [2.45, 2.75) is 12.9 Å². The predicted octanol–water partition coefficient (Wildman–Crippen LogP) is 3.27. The van der Waals surface area contributed by atoms with Crippen LogP contribution in [0.3, 0.4) is 0 Å². The maximum Gasteiger partial charge on any atom is 0.573 e. The van der Waals surface area contributed by atoms with Crippen LogP contribution in [0.2, 0.25) is 0 Å². The first-order chi connectivity index (χ1) is 13.9. The Kier molecular flexibility index (Phi) is 5.23. The van der Waals surface area contributed by atoms with Crippen molar-refractivity contribution in [2.75, 3.05) is 33.0 Å². The molecule has 0 atom stereocenters. The molecule has 1 amide bonds. The fourth-order valence-corrected chi connectivity index (χ4v) is 3.43. The van der Waals surface area contributed by atoms with Crippen LogP contribution in [0, 0.1) is 0 Å². The zero-order valence-corrected chi connectivity index (χ0v) is 15.4. The molecule has 9 heteroatoms. The molecule has 1 saturated heterocycles. The molecule has 0 spiro atoms. The van der Waals surface area contributed by atoms with Gasteiger partial charge >= 0.3 is 6.36 Å². The fraction of sp³-hybridized carbons (Fsp3) is 0.350. The fourth-order valence-electron chi connectivity index (χ4n) is 3.43. The van der Waals surface area contributed by atoms with E-state index in [1.165, 1.54) is 12.1 Å². The molecular formula is C20H19F3N2O4. The molecule has 2 aliphatic rings. The molecule has 0 unspecified atom stereocenters. The van der Waals surface area contributed by atoms with Gasteiger partial charge < -0.3 is 19.1 Å². The van der Waals surface area contributed by atoms with Crippen LogP contribution in [0.25, 0.3) is 0 Å². The summed E-state index contributed by atoms with van der Waals surface area (Å²) in [5, 5.41) is 0. The Morgan fingerprint density at radius 2 is 1.72 bits per heavy atom. The molecule has 4 rings (SSSR count). The molecule has 1 fully saturated rings. The SMILES string of the molecule is O=C(c1cccc2c1OCO2)N1CCN(Cc2ccc(OC(F)(F)F)cc2)CC1. The number of para-hydroxylation sites is 1. The van der Waals surface area contributed by atoms with Crippen molar-refractivity contribution in [3.63, 3.8) is 0 Å². The van der Waals surface area contributed by atoms with Crippen LogP contribution in [0.1, 0.15) is 15.9 Å². The minimum Gasteiger partial charge on any atom is -0.454 e. The summed E-state index contributed by atoms with van der Waals surface area (Å²) in [6, 6.07) is 11.1. The minimum atomic E-state index is -4.69. The third-order valence-electron chi connectivity index (χ3n) is 4.85. The van der Waals surface area contributed by atoms with E-state index in [4.69, 9.17) is 9.47 Å². The smallest absolute Gasteiger partial charge is 0.454 e. The number of hydrogen-bond acceptors (Lipinski definition) is 5. The first-order valence-electron chi connectivity index (χ1n) is 9.14. The maximum atomic E-state index is 12.8. The lowest BCUT2D eigenvalue weighted by Gasteiger charge is -2.35. The number of carbonyl (C=O) groups is 1. The van der Waals surface area contributed by atoms with E-state index in [0.717, 1.165) is 5.56 Å². The van der Waals surface area contributed by atoms with Gasteiger partial charge in [-0.15, -0.1) is 13.2 Å². The lowest BCUT2D eigenvalue weighted by molar-refractivity contribution is -0.274. The van der Waals surface area contributed by atoms with E-state index in [1.54, 1.807) is 35.2 Å². The van der Waals surface area contributed by atoms with E-state index >= 15 is 0 Å². The van der Waals surface area contributed by atoms with Gasteiger partial charge in [0.25, 0.3) is 5.91 Å². The van der Waals surface area contributed by atoms with Gasteiger partial charge in [0.05, 0.1) is 5.56 Å². The van der Waals surface area contributed by atoms with Crippen molar-refractivity contribution < 1.29 is 32.2 Å². The van der Waals surface area contributed by atoms with Gasteiger partial charge in [-0.2, -0.15) is 0 Å². The molecule has 6 nitrogen and oxygen atoms in total. The molecular weight excluding hydrogens is 389 g/mol. The average Bonchev–Trinajstić information content (AvgIpc) is 3.17. The zero-order chi connectivity index (χ0) is 20.4. The van der Waals surface area contributed by atoms with Gasteiger partial charge in [-0.3, -0.25) is 9.69 Å². The Morgan fingerprint density at radius 1 is 1.00 bits per heavy atom. The quantitative estimate of drug-likeness (QED) is 0.777. The number of hydrogen-bond donors (Lipinski definition) is 0. The molecule has 2 aromatic carbocycles. The molecule has 0 aromatic heterocycles. The number of benzene rings is 2. The van der Waals surface area contributed by atoms with Crippen molar-refractivity contribution in [1.29, 1.82) is 0 Å². The van der Waals surface area contributed by atoms with Crippen molar-refractivity contribution in [1.82, 2.24) is 9.80 Å². The second kappa shape index (κ2) is 7.82. The zero-order valence-electron chi connectivity index (χ0n) is 15.4. The van der Waals surface area contributed by atoms with Gasteiger partial charge in [-0.05, 0) is 29.8 Å². The highest BCUT2D eigenvalue weighted by molar-refractivity contribution is 5.98. The normalized spacial score (nSPS) is 16.7. The van der Waals surface area contributed by atoms with Crippen molar-refractivity contribution in [2.24, 2.45) is 0 Å². The molecule has 2 aliphatic heterocycles. The van der Waals surface area contributed by atoms with E-state index in [0.29, 0.717) is 49.8 Å². The molecule has 0 radical (unpaired) electrons. The molecule has 2 aromatic rings. The van der Waals surface area contributed by atoms with Gasteiger partial charge in [0.1, 0.15) is 5.75 Å². The molecule has 2 heterocycles. The maximum absolute atomic E-state index is 12.8. The number of rotatable bonds is 4. The Morgan fingerprint density at radius 3 is 2.41 bits per heavy atom. The third-order valence-corrected chi connectivity index (χ3v) is 4.85. The number of fused-ring (bicyclic) bond motifs is 1. The van der Waals surface area contributed by atoms with Crippen molar-refractivity contribution in [3.8, 4) is 17.2 Å². The van der Waals surface area contributed by atoms with Gasteiger partial charge in [-0.25, -0.2) is 0 Å². The van der Waals surface area contributed by atoms with Crippen molar-refractivity contribution >= 4 is 5.91 Å². The topological polar surface area (TPSA) is 51.2 Å². The predicted molar refractivity (Wildman–Crippen MR) is 96.9 cm³/mol. The second-order valence-corrected chi connectivity index (χ2v) is 6.80. The van der Waals surface area contributed by atoms with Gasteiger partial charge in [-0.1, -0.05) is 18.2 Å². The number of alkyl halides is 3. The number of amides is 1. The number of nitrogens with zero attached hydrogens (tertiary/aromatic N) is 2. The Bertz CT molecular complexity index is 878. The summed E-state index contributed by atoms with van der Waals surface area (Å²) in [6.07, 6.45) is -4.69. The van der Waals surface area contributed by atoms with E-state index in [9.17, 15) is 18.0 Å². The first-order valence-corrected chi connectivity index (χ1v) is 9.14. The van der Waals surface area contributed by atoms with Crippen molar-refractivity contribution in [3.05, 3.63) is 53.6 Å². The van der Waals surface area contributed by atoms with E-state index in [2.05, 4.69) is 9.64 Å². The van der Waals surface area contributed by atoms with E-state index in [-0.39, 0.29) is 18.4 Å². The number of piperazine rings is 1. The number of halogens is 3. The molecule has 0 saturated carbocycles. The van der Waals surface area contributed by atoms with Crippen LogP contribution in [0.5, 0.6) is 17.2 Å². The van der Waals surface area contributed by atoms with Crippen LogP contribution in [-0.4, -0.2) is 55.0 Å². The van der Waals surface area contributed by atoms with E-state index < -0.39 is 6.36 Å². The minimum absolute atomic E-state index is 0.0966. The second-order valence-electron chi connectivity index (χ2n) is 6.80. The Balaban J connectivity index is 1.32. The molecule has 0 N–H and O–H groups in total. The van der Waals surface area contributed by atoms with Crippen LogP contribution in [0.4, 0.5) is 13.2 Å². The highest BCUT2D eigenvalue weighted by Crippen LogP contribution is 2.36. The Hall–Kier alpha value is -2.94. The van der Waals surface area contributed by atoms with Crippen LogP contribution in [-0.2, 0) is 6.54 Å². The van der Waals surface area contributed by atoms with E-state index in [1.807, 2.05) is 0 Å². The summed E-state index contributed by atoms with van der Waals surface area (Å²) in [4.78, 5) is 16.8. The molecule has 0 bridgehead atoms. The lowest BCUT2D eigenvalue weighted by atomic mass is 10.1. The first kappa shape index (κ1) is 19.4. The molecule has 29 heavy (non-hydrogen) atoms. The highest BCUT2D eigenvalue weighted by Gasteiger charge is 2.31. The summed E-state index contributed by atoms with van der Waals surface area (Å²) in [7, 11) is 0. The summed E-state index contributed by atoms with van der Waals surface area (Å²) in [6.45, 7) is 3.14. The largest absolute Gasteiger partial charge is 0.573 e. The number of ether oxygens (including phenoxy) is 3. The summed E-state index contributed by atoms with van der Waals surface area (Å²) in [5.74, 6) is 0.729. The standard InChI is InChI=1S/C20H19F3N2O4/c21-20(22,23)29-15-6-4-14(5-7-15)12-24-8-10-25(11-9-24)19(26)16-2-1-3-17-18(16)28-13-27-17/h1-7H,8-13H2. The third kappa shape index (κ3) is 4.56. The monoisotopic (exact) mass is 408 g/mol.